The van der Waals surface area contributed by atoms with Crippen LogP contribution in [0.5, 0.6) is 23.0 Å². The lowest BCUT2D eigenvalue weighted by Gasteiger charge is -2.48. The van der Waals surface area contributed by atoms with E-state index in [1.165, 1.54) is 187 Å². The molecule has 8 bridgehead atoms. The van der Waals surface area contributed by atoms with Crippen LogP contribution in [0.4, 0.5) is 13.2 Å². The SMILES string of the molecule is CCCC1C2=C(CCCC2)C2CCCC1/C2=C(\OC)c1cccc(OP(C)(=O)[O-])c1.CO/C(=C1\C2CCCC1C1=C(CCCC1)C2)c1ccc(Cl)c(OP(=O)([O-])[O-])c1.CO/C(=C1\C2CCCC1C1=C(CCCC1)C2)c1cccc(OP(C)(=O)[O-])c1.CP(=O)([O-])Oc1cccc(/C(OCC(F)(F)F)=C2/C3CCCC2C2=C(CCCC2)C3)c1. The van der Waals surface area contributed by atoms with Gasteiger partial charge in [-0.05, 0) is 286 Å². The number of hydrogen-bond acceptors (Lipinski definition) is 17. The average Bonchev–Trinajstić information content (AvgIpc) is 0.753. The minimum Gasteiger partial charge on any atom is -0.780 e. The fourth-order valence-electron chi connectivity index (χ4n) is 22.2. The van der Waals surface area contributed by atoms with Crippen LogP contribution >= 0.6 is 42.2 Å². The Morgan fingerprint density at radius 2 is 0.776 bits per heavy atom. The highest BCUT2D eigenvalue weighted by Gasteiger charge is 2.47. The van der Waals surface area contributed by atoms with Crippen molar-refractivity contribution in [1.82, 2.24) is 0 Å². The van der Waals surface area contributed by atoms with Crippen molar-refractivity contribution in [2.45, 2.75) is 225 Å². The molecular formula is C91H113ClF3O17P4-5. The third-order valence-electron chi connectivity index (χ3n) is 26.0. The summed E-state index contributed by atoms with van der Waals surface area (Å²) in [5.41, 5.74) is 21.1. The topological polar surface area (TPSA) is 257 Å². The predicted molar refractivity (Wildman–Crippen MR) is 440 cm³/mol. The van der Waals surface area contributed by atoms with E-state index in [4.69, 9.17) is 44.1 Å². The molecule has 0 heterocycles. The molecule has 116 heavy (non-hydrogen) atoms. The zero-order valence-electron chi connectivity index (χ0n) is 68.1. The van der Waals surface area contributed by atoms with E-state index in [1.54, 1.807) is 97.2 Å². The van der Waals surface area contributed by atoms with Gasteiger partial charge in [0.15, 0.2) is 29.4 Å². The van der Waals surface area contributed by atoms with Gasteiger partial charge >= 0.3 is 6.18 Å². The Kier molecular flexibility index (Phi) is 28.7. The molecule has 4 aromatic rings. The monoisotopic (exact) mass is 1690 g/mol. The van der Waals surface area contributed by atoms with Crippen LogP contribution in [0, 0.1) is 53.3 Å². The van der Waals surface area contributed by atoms with E-state index in [2.05, 4.69) is 11.4 Å². The van der Waals surface area contributed by atoms with E-state index < -0.39 is 43.4 Å². The molecule has 0 amide bonds. The van der Waals surface area contributed by atoms with Gasteiger partial charge in [-0.15, -0.1) is 0 Å². The van der Waals surface area contributed by atoms with Crippen molar-refractivity contribution in [3.8, 4) is 23.0 Å². The summed E-state index contributed by atoms with van der Waals surface area (Å²) in [6.07, 6.45) is 34.6. The van der Waals surface area contributed by atoms with Crippen molar-refractivity contribution >= 4 is 65.2 Å². The number of halogens is 4. The third kappa shape index (κ3) is 21.5. The molecule has 0 aliphatic heterocycles. The molecule has 0 N–H and O–H groups in total. The number of rotatable bonds is 19. The van der Waals surface area contributed by atoms with Crippen LogP contribution in [0.3, 0.4) is 0 Å². The lowest BCUT2D eigenvalue weighted by atomic mass is 9.57. The summed E-state index contributed by atoms with van der Waals surface area (Å²) < 4.78 is 128. The Hall–Kier alpha value is -6.00. The summed E-state index contributed by atoms with van der Waals surface area (Å²) in [7, 11) is -11.8. The van der Waals surface area contributed by atoms with E-state index in [0.717, 1.165) is 125 Å². The molecule has 12 atom stereocenters. The molecule has 4 saturated carbocycles. The maximum absolute atomic E-state index is 13.1. The van der Waals surface area contributed by atoms with Gasteiger partial charge in [0.2, 0.25) is 0 Å². The second-order valence-electron chi connectivity index (χ2n) is 33.9. The molecule has 16 rings (SSSR count). The molecule has 12 aliphatic carbocycles. The van der Waals surface area contributed by atoms with Crippen LogP contribution in [-0.2, 0) is 37.2 Å². The van der Waals surface area contributed by atoms with Gasteiger partial charge in [-0.3, -0.25) is 13.7 Å². The molecule has 0 aromatic heterocycles. The van der Waals surface area contributed by atoms with Crippen LogP contribution in [0.2, 0.25) is 5.02 Å². The fraction of sp³-hybridized carbons (Fsp3) is 0.560. The zero-order chi connectivity index (χ0) is 82.4. The van der Waals surface area contributed by atoms with Crippen LogP contribution in [0.1, 0.15) is 241 Å². The Labute approximate surface area is 688 Å². The van der Waals surface area contributed by atoms with Crippen LogP contribution in [0.15, 0.2) is 158 Å². The minimum absolute atomic E-state index is 0.0746. The first-order chi connectivity index (χ1) is 55.4. The lowest BCUT2D eigenvalue weighted by Crippen LogP contribution is -2.36. The van der Waals surface area contributed by atoms with Gasteiger partial charge in [-0.25, -0.2) is 0 Å². The largest absolute Gasteiger partial charge is 0.780 e. The molecule has 25 heteroatoms. The second-order valence-corrected chi connectivity index (χ2v) is 40.6. The van der Waals surface area contributed by atoms with Gasteiger partial charge in [0.25, 0.3) is 0 Å². The van der Waals surface area contributed by atoms with Crippen LogP contribution in [0.25, 0.3) is 23.0 Å². The van der Waals surface area contributed by atoms with Gasteiger partial charge in [-0.2, -0.15) is 13.2 Å². The van der Waals surface area contributed by atoms with Gasteiger partial charge in [0.05, 0.1) is 26.4 Å². The van der Waals surface area contributed by atoms with E-state index >= 15 is 0 Å². The molecule has 17 nitrogen and oxygen atoms in total. The maximum atomic E-state index is 13.1. The molecule has 12 unspecified atom stereocenters. The number of fused-ring (bicyclic) bond motifs is 12. The van der Waals surface area contributed by atoms with E-state index in [9.17, 15) is 55.9 Å². The first kappa shape index (κ1) is 87.8. The second kappa shape index (κ2) is 38.0. The molecule has 4 fully saturated rings. The lowest BCUT2D eigenvalue weighted by molar-refractivity contribution is -0.333. The highest BCUT2D eigenvalue weighted by atomic mass is 35.5. The molecule has 0 radical (unpaired) electrons. The summed E-state index contributed by atoms with van der Waals surface area (Å²) in [4.78, 5) is 56.9. The number of benzene rings is 4. The number of ether oxygens (including phenoxy) is 4. The highest BCUT2D eigenvalue weighted by molar-refractivity contribution is 7.51. The van der Waals surface area contributed by atoms with Crippen molar-refractivity contribution in [3.63, 3.8) is 0 Å². The first-order valence-corrected chi connectivity index (χ1v) is 50.1. The maximum Gasteiger partial charge on any atom is 0.422 e. The van der Waals surface area contributed by atoms with Gasteiger partial charge in [0, 0.05) is 65.9 Å². The fourth-order valence-corrected chi connectivity index (χ4v) is 24.3. The Balaban J connectivity index is 0.000000135. The standard InChI is InChI=1S/C25H35O4P.C23H28F3O4P.C22H29O4P.C21H26ClO5P/c1-4-9-19-20-12-5-6-13-21(20)23-15-8-14-22(19)24(23)25(28-2)17-10-7-11-18(16-17)29-30(3,26)27;1-31(27,28)30-18-9-4-8-17(13-18)22(29-14-23(24,25)26)21-16-7-5-11-20(21)19-10-3-2-6-15(19)12-16;1-25-22(17-9-5-10-18(14-17)26-27(2,23)24)21-16-8-6-12-20(21)19-11-4-3-7-15(19)13-16;1-26-21(15-9-10-18(22)19(12-15)27-28(23,24)25)20-14-6-4-8-17(20)16-7-3-2-5-13(16)11-14/h7,10-11,16,19,22-23H,4-6,8-9,12-15H2,1-3H3,(H,26,27);4,8-9,13,16,20H,2-3,5-7,10-12,14H2,1H3,(H,27,28);5,9-10,14,16,20H,3-4,6-8,11-13H2,1-2H3,(H,23,24);9-10,12,14,17H,2-8,11H2,1H3,(H2,23,24,25)/p-5/b25-24+;2*22-21+;21-20+. The van der Waals surface area contributed by atoms with Crippen molar-refractivity contribution in [2.75, 3.05) is 47.9 Å². The normalized spacial score (nSPS) is 28.1. The number of phosphoric ester groups is 1. The molecular weight excluding hydrogens is 1580 g/mol. The highest BCUT2D eigenvalue weighted by Crippen LogP contribution is 2.60. The molecule has 4 aromatic carbocycles. The van der Waals surface area contributed by atoms with E-state index in [1.807, 2.05) is 30.3 Å². The Bertz CT molecular complexity index is 4740. The molecule has 12 aliphatic rings. The first-order valence-electron chi connectivity index (χ1n) is 42.3. The van der Waals surface area contributed by atoms with Crippen molar-refractivity contribution in [1.29, 1.82) is 0 Å². The smallest absolute Gasteiger partial charge is 0.422 e. The van der Waals surface area contributed by atoms with Crippen molar-refractivity contribution in [3.05, 3.63) is 185 Å². The predicted octanol–water partition coefficient (Wildman–Crippen LogP) is 22.4. The zero-order valence-corrected chi connectivity index (χ0v) is 72.5. The summed E-state index contributed by atoms with van der Waals surface area (Å²) in [5, 5.41) is 0.0808. The van der Waals surface area contributed by atoms with Crippen LogP contribution in [-0.4, -0.2) is 54.1 Å². The van der Waals surface area contributed by atoms with Crippen molar-refractivity contribution < 1.29 is 92.9 Å². The van der Waals surface area contributed by atoms with E-state index in [0.29, 0.717) is 64.1 Å². The number of allylic oxidation sites excluding steroid dienone is 12. The minimum atomic E-state index is -5.19. The molecule has 632 valence electrons. The summed E-state index contributed by atoms with van der Waals surface area (Å²) >= 11 is 6.03. The van der Waals surface area contributed by atoms with Gasteiger partial charge in [0.1, 0.15) is 53.9 Å². The number of hydrogen-bond donors (Lipinski definition) is 0. The average molecular weight is 1700 g/mol. The van der Waals surface area contributed by atoms with E-state index in [-0.39, 0.29) is 34.1 Å². The number of methoxy groups -OCH3 is 3. The summed E-state index contributed by atoms with van der Waals surface area (Å²) in [6, 6.07) is 25.7. The summed E-state index contributed by atoms with van der Waals surface area (Å²) in [6.45, 7) is 4.08. The summed E-state index contributed by atoms with van der Waals surface area (Å²) in [5.74, 6) is 7.35. The Morgan fingerprint density at radius 1 is 0.422 bits per heavy atom. The van der Waals surface area contributed by atoms with Crippen molar-refractivity contribution in [2.24, 2.45) is 53.3 Å². The third-order valence-corrected chi connectivity index (χ3v) is 28.4. The Morgan fingerprint density at radius 3 is 1.16 bits per heavy atom. The van der Waals surface area contributed by atoms with Crippen LogP contribution < -0.4 is 42.6 Å². The quantitative estimate of drug-likeness (QED) is 0.0480. The number of phosphoric acid groups is 1. The van der Waals surface area contributed by atoms with Gasteiger partial charge < -0.3 is 66.1 Å². The van der Waals surface area contributed by atoms with Gasteiger partial charge in [-0.1, -0.05) is 132 Å². The molecule has 0 spiro atoms. The molecule has 0 saturated heterocycles. The number of alkyl halides is 3.